The Morgan fingerprint density at radius 3 is 2.44 bits per heavy atom. The van der Waals surface area contributed by atoms with Crippen molar-refractivity contribution in [2.45, 2.75) is 62.8 Å². The first-order chi connectivity index (χ1) is 15.6. The molecule has 32 heavy (non-hydrogen) atoms. The number of hydrogen-bond donors (Lipinski definition) is 1. The molecule has 1 heterocycles. The first-order valence-corrected chi connectivity index (χ1v) is 12.3. The molecule has 4 nitrogen and oxygen atoms in total. The van der Waals surface area contributed by atoms with Crippen LogP contribution in [0, 0.1) is 17.8 Å². The molecule has 0 bridgehead atoms. The Morgan fingerprint density at radius 2 is 1.75 bits per heavy atom. The molecule has 2 fully saturated rings. The number of nitrogens with zero attached hydrogens (tertiary/aromatic N) is 2. The number of rotatable bonds is 7. The van der Waals surface area contributed by atoms with E-state index >= 15 is 0 Å². The quantitative estimate of drug-likeness (QED) is 0.662. The van der Waals surface area contributed by atoms with Crippen molar-refractivity contribution in [3.63, 3.8) is 0 Å². The molecular weight excluding hydrogens is 394 g/mol. The number of amides is 1. The van der Waals surface area contributed by atoms with Gasteiger partial charge in [0.25, 0.3) is 5.91 Å². The Morgan fingerprint density at radius 1 is 1.03 bits per heavy atom. The maximum absolute atomic E-state index is 13.3. The molecule has 5 rings (SSSR count). The normalized spacial score (nSPS) is 32.1. The maximum Gasteiger partial charge on any atom is 0.257 e. The zero-order valence-corrected chi connectivity index (χ0v) is 19.1. The van der Waals surface area contributed by atoms with E-state index in [0.717, 1.165) is 37.0 Å². The summed E-state index contributed by atoms with van der Waals surface area (Å²) in [5.41, 5.74) is 8.21. The molecule has 0 spiro atoms. The van der Waals surface area contributed by atoms with Gasteiger partial charge in [0, 0.05) is 7.05 Å². The lowest BCUT2D eigenvalue weighted by Gasteiger charge is -2.35. The molecule has 0 saturated heterocycles. The predicted molar refractivity (Wildman–Crippen MR) is 129 cm³/mol. The number of aliphatic imine (C=N–C) groups is 1. The van der Waals surface area contributed by atoms with Crippen molar-refractivity contribution >= 4 is 11.9 Å². The Bertz CT molecular complexity index is 973. The molecule has 1 amide bonds. The Kier molecular flexibility index (Phi) is 5.79. The maximum atomic E-state index is 13.3. The van der Waals surface area contributed by atoms with Gasteiger partial charge in [0.05, 0.1) is 0 Å². The van der Waals surface area contributed by atoms with Crippen molar-refractivity contribution < 1.29 is 4.79 Å². The molecule has 1 aliphatic heterocycles. The third kappa shape index (κ3) is 4.20. The van der Waals surface area contributed by atoms with Crippen LogP contribution >= 0.6 is 0 Å². The molecule has 2 aromatic carbocycles. The summed E-state index contributed by atoms with van der Waals surface area (Å²) in [4.78, 5) is 19.7. The molecule has 3 unspecified atom stereocenters. The van der Waals surface area contributed by atoms with E-state index < -0.39 is 5.54 Å². The molecule has 2 aromatic rings. The van der Waals surface area contributed by atoms with Crippen LogP contribution in [0.15, 0.2) is 65.7 Å². The molecule has 2 saturated carbocycles. The average Bonchev–Trinajstić information content (AvgIpc) is 3.60. The van der Waals surface area contributed by atoms with Gasteiger partial charge in [-0.05, 0) is 66.9 Å². The van der Waals surface area contributed by atoms with Crippen LogP contribution in [-0.2, 0) is 11.2 Å². The topological polar surface area (TPSA) is 58.7 Å². The lowest BCUT2D eigenvalue weighted by molar-refractivity contribution is -0.131. The minimum absolute atomic E-state index is 0.0849. The SMILES string of the molecule is CN1C(=O)[C@@](CCc2ccccc2)(C[C@H]2CCCC(C3CC3c3ccccc3)C2)N=C1N. The van der Waals surface area contributed by atoms with Crippen molar-refractivity contribution in [1.82, 2.24) is 4.90 Å². The number of benzene rings is 2. The number of carbonyl (C=O) groups excluding carboxylic acids is 1. The van der Waals surface area contributed by atoms with Crippen molar-refractivity contribution in [2.24, 2.45) is 28.5 Å². The predicted octanol–water partition coefficient (Wildman–Crippen LogP) is 5.14. The molecule has 3 aliphatic rings. The second-order valence-electron chi connectivity index (χ2n) is 10.3. The molecule has 0 radical (unpaired) electrons. The second kappa shape index (κ2) is 8.73. The zero-order chi connectivity index (χ0) is 22.1. The van der Waals surface area contributed by atoms with Crippen LogP contribution < -0.4 is 5.73 Å². The van der Waals surface area contributed by atoms with E-state index in [1.54, 1.807) is 11.9 Å². The summed E-state index contributed by atoms with van der Waals surface area (Å²) in [7, 11) is 1.77. The first kappa shape index (κ1) is 21.2. The van der Waals surface area contributed by atoms with Gasteiger partial charge in [-0.2, -0.15) is 0 Å². The van der Waals surface area contributed by atoms with Crippen LogP contribution in [0.1, 0.15) is 62.0 Å². The molecule has 168 valence electrons. The fourth-order valence-electron chi connectivity index (χ4n) is 6.36. The van der Waals surface area contributed by atoms with Gasteiger partial charge < -0.3 is 5.73 Å². The summed E-state index contributed by atoms with van der Waals surface area (Å²) in [5.74, 6) is 3.34. The van der Waals surface area contributed by atoms with E-state index in [4.69, 9.17) is 10.7 Å². The Balaban J connectivity index is 1.28. The molecular formula is C28H35N3O. The van der Waals surface area contributed by atoms with E-state index in [9.17, 15) is 4.79 Å². The zero-order valence-electron chi connectivity index (χ0n) is 19.1. The van der Waals surface area contributed by atoms with Crippen molar-refractivity contribution in [3.8, 4) is 0 Å². The minimum atomic E-state index is -0.691. The summed E-state index contributed by atoms with van der Waals surface area (Å²) in [6, 6.07) is 21.4. The highest BCUT2D eigenvalue weighted by Gasteiger charge is 2.49. The number of aryl methyl sites for hydroxylation is 1. The average molecular weight is 430 g/mol. The summed E-state index contributed by atoms with van der Waals surface area (Å²) < 4.78 is 0. The largest absolute Gasteiger partial charge is 0.369 e. The summed E-state index contributed by atoms with van der Waals surface area (Å²) in [5, 5.41) is 0. The fraction of sp³-hybridized carbons (Fsp3) is 0.500. The van der Waals surface area contributed by atoms with Gasteiger partial charge in [0.2, 0.25) is 0 Å². The highest BCUT2D eigenvalue weighted by Crippen LogP contribution is 2.56. The highest BCUT2D eigenvalue weighted by molar-refractivity contribution is 6.06. The smallest absolute Gasteiger partial charge is 0.257 e. The van der Waals surface area contributed by atoms with E-state index in [1.165, 1.54) is 43.2 Å². The van der Waals surface area contributed by atoms with Crippen molar-refractivity contribution in [3.05, 3.63) is 71.8 Å². The van der Waals surface area contributed by atoms with Gasteiger partial charge in [-0.25, -0.2) is 4.99 Å². The van der Waals surface area contributed by atoms with Crippen LogP contribution in [0.25, 0.3) is 0 Å². The van der Waals surface area contributed by atoms with Crippen molar-refractivity contribution in [2.75, 3.05) is 7.05 Å². The number of carbonyl (C=O) groups is 1. The molecule has 0 aromatic heterocycles. The Hall–Kier alpha value is -2.62. The van der Waals surface area contributed by atoms with E-state index in [2.05, 4.69) is 54.6 Å². The van der Waals surface area contributed by atoms with Crippen LogP contribution in [0.4, 0.5) is 0 Å². The standard InChI is InChI=1S/C28H35N3O/c1-31-26(32)28(30-27(31)29,16-15-20-9-4-2-5-10-20)19-21-11-8-14-23(17-21)25-18-24(25)22-12-6-3-7-13-22/h2-7,9-10,12-13,21,23-25H,8,11,14-19H2,1H3,(H2,29,30)/t21-,23?,24?,25?,28+/m0/s1. The first-order valence-electron chi connectivity index (χ1n) is 12.3. The minimum Gasteiger partial charge on any atom is -0.369 e. The van der Waals surface area contributed by atoms with Crippen LogP contribution in [0.5, 0.6) is 0 Å². The van der Waals surface area contributed by atoms with Crippen LogP contribution in [0.3, 0.4) is 0 Å². The third-order valence-electron chi connectivity index (χ3n) is 8.17. The van der Waals surface area contributed by atoms with Crippen LogP contribution in [0.2, 0.25) is 0 Å². The van der Waals surface area contributed by atoms with E-state index in [1.807, 2.05) is 6.07 Å². The van der Waals surface area contributed by atoms with Gasteiger partial charge >= 0.3 is 0 Å². The van der Waals surface area contributed by atoms with E-state index in [0.29, 0.717) is 11.9 Å². The fourth-order valence-corrected chi connectivity index (χ4v) is 6.36. The lowest BCUT2D eigenvalue weighted by Crippen LogP contribution is -2.44. The van der Waals surface area contributed by atoms with Crippen molar-refractivity contribution in [1.29, 1.82) is 0 Å². The molecule has 2 aliphatic carbocycles. The van der Waals surface area contributed by atoms with E-state index in [-0.39, 0.29) is 5.91 Å². The lowest BCUT2D eigenvalue weighted by atomic mass is 9.72. The van der Waals surface area contributed by atoms with Gasteiger partial charge in [-0.3, -0.25) is 9.69 Å². The summed E-state index contributed by atoms with van der Waals surface area (Å²) in [6.07, 6.45) is 8.79. The van der Waals surface area contributed by atoms with Crippen LogP contribution in [-0.4, -0.2) is 29.4 Å². The highest BCUT2D eigenvalue weighted by atomic mass is 16.2. The number of nitrogens with two attached hydrogens (primary N) is 1. The van der Waals surface area contributed by atoms with Gasteiger partial charge in [0.1, 0.15) is 5.54 Å². The second-order valence-corrected chi connectivity index (χ2v) is 10.3. The molecule has 5 atom stereocenters. The molecule has 2 N–H and O–H groups in total. The van der Waals surface area contributed by atoms with Gasteiger partial charge in [0.15, 0.2) is 5.96 Å². The number of likely N-dealkylation sites (N-methyl/N-ethyl adjacent to an activating group) is 1. The third-order valence-corrected chi connectivity index (χ3v) is 8.17. The summed E-state index contributed by atoms with van der Waals surface area (Å²) >= 11 is 0. The van der Waals surface area contributed by atoms with Gasteiger partial charge in [-0.15, -0.1) is 0 Å². The number of guanidine groups is 1. The number of hydrogen-bond acceptors (Lipinski definition) is 3. The summed E-state index contributed by atoms with van der Waals surface area (Å²) in [6.45, 7) is 0. The Labute approximate surface area is 191 Å². The van der Waals surface area contributed by atoms with Gasteiger partial charge in [-0.1, -0.05) is 79.9 Å². The monoisotopic (exact) mass is 429 g/mol. The molecule has 4 heteroatoms.